The molecule has 0 atom stereocenters. The van der Waals surface area contributed by atoms with E-state index in [2.05, 4.69) is 4.98 Å². The van der Waals surface area contributed by atoms with E-state index in [9.17, 15) is 0 Å². The molecule has 0 aliphatic rings. The van der Waals surface area contributed by atoms with Gasteiger partial charge in [-0.25, -0.2) is 4.98 Å². The summed E-state index contributed by atoms with van der Waals surface area (Å²) >= 11 is 1.57. The van der Waals surface area contributed by atoms with Crippen LogP contribution in [0.15, 0.2) is 82.8 Å². The Kier molecular flexibility index (Phi) is 5.95. The molecule has 0 aliphatic carbocycles. The Morgan fingerprint density at radius 2 is 1.10 bits per heavy atom. The van der Waals surface area contributed by atoms with E-state index in [1.54, 1.807) is 33.1 Å². The molecular formula is C24H22N2O3S. The summed E-state index contributed by atoms with van der Waals surface area (Å²) in [5, 5.41) is 0.816. The van der Waals surface area contributed by atoms with Gasteiger partial charge in [0.05, 0.1) is 32.7 Å². The van der Waals surface area contributed by atoms with Crippen LogP contribution in [0, 0.1) is 0 Å². The highest BCUT2D eigenvalue weighted by Gasteiger charge is 2.15. The van der Waals surface area contributed by atoms with Crippen molar-refractivity contribution in [3.05, 3.63) is 72.8 Å². The van der Waals surface area contributed by atoms with Gasteiger partial charge in [0.2, 0.25) is 0 Å². The number of imidazole rings is 1. The first-order valence-electron chi connectivity index (χ1n) is 9.41. The molecule has 0 saturated carbocycles. The highest BCUT2D eigenvalue weighted by Crippen LogP contribution is 2.36. The van der Waals surface area contributed by atoms with Crippen LogP contribution in [0.4, 0.5) is 0 Å². The molecule has 0 spiro atoms. The monoisotopic (exact) mass is 418 g/mol. The Morgan fingerprint density at radius 3 is 1.60 bits per heavy atom. The van der Waals surface area contributed by atoms with Gasteiger partial charge in [0.15, 0.2) is 5.16 Å². The number of ether oxygens (including phenoxy) is 3. The number of H-pyrrole nitrogens is 1. The summed E-state index contributed by atoms with van der Waals surface area (Å²) in [6.45, 7) is 0. The normalized spacial score (nSPS) is 10.6. The van der Waals surface area contributed by atoms with Crippen molar-refractivity contribution in [3.63, 3.8) is 0 Å². The number of aromatic nitrogens is 2. The molecule has 4 rings (SSSR count). The minimum Gasteiger partial charge on any atom is -0.497 e. The molecule has 0 radical (unpaired) electrons. The third kappa shape index (κ3) is 4.28. The molecule has 0 bridgehead atoms. The first-order valence-corrected chi connectivity index (χ1v) is 10.2. The molecule has 3 aromatic carbocycles. The van der Waals surface area contributed by atoms with Crippen LogP contribution in [0.25, 0.3) is 22.5 Å². The number of methoxy groups -OCH3 is 3. The molecule has 0 unspecified atom stereocenters. The number of hydrogen-bond acceptors (Lipinski definition) is 5. The van der Waals surface area contributed by atoms with Gasteiger partial charge in [-0.15, -0.1) is 0 Å². The molecule has 0 fully saturated rings. The van der Waals surface area contributed by atoms with Gasteiger partial charge in [-0.3, -0.25) is 0 Å². The molecule has 4 aromatic rings. The van der Waals surface area contributed by atoms with Crippen molar-refractivity contribution in [2.45, 2.75) is 10.1 Å². The van der Waals surface area contributed by atoms with E-state index in [4.69, 9.17) is 19.2 Å². The predicted molar refractivity (Wildman–Crippen MR) is 120 cm³/mol. The van der Waals surface area contributed by atoms with Crippen molar-refractivity contribution in [1.29, 1.82) is 0 Å². The predicted octanol–water partition coefficient (Wildman–Crippen LogP) is 5.92. The molecule has 30 heavy (non-hydrogen) atoms. The summed E-state index contributed by atoms with van der Waals surface area (Å²) < 4.78 is 15.8. The lowest BCUT2D eigenvalue weighted by Gasteiger charge is -2.06. The lowest BCUT2D eigenvalue weighted by atomic mass is 10.0. The number of aromatic amines is 1. The van der Waals surface area contributed by atoms with Crippen molar-refractivity contribution in [1.82, 2.24) is 9.97 Å². The van der Waals surface area contributed by atoms with Gasteiger partial charge in [-0.2, -0.15) is 0 Å². The van der Waals surface area contributed by atoms with Gasteiger partial charge < -0.3 is 19.2 Å². The summed E-state index contributed by atoms with van der Waals surface area (Å²) in [6.07, 6.45) is 0. The first-order chi connectivity index (χ1) is 14.7. The van der Waals surface area contributed by atoms with E-state index in [-0.39, 0.29) is 0 Å². The summed E-state index contributed by atoms with van der Waals surface area (Å²) in [7, 11) is 4.99. The average Bonchev–Trinajstić information content (AvgIpc) is 3.23. The fourth-order valence-corrected chi connectivity index (χ4v) is 3.87. The molecule has 6 heteroatoms. The fourth-order valence-electron chi connectivity index (χ4n) is 3.08. The second-order valence-corrected chi connectivity index (χ2v) is 7.56. The minimum absolute atomic E-state index is 0.813. The summed E-state index contributed by atoms with van der Waals surface area (Å²) in [5.41, 5.74) is 3.90. The summed E-state index contributed by atoms with van der Waals surface area (Å²) in [6, 6.07) is 23.8. The third-order valence-corrected chi connectivity index (χ3v) is 5.59. The Morgan fingerprint density at radius 1 is 0.633 bits per heavy atom. The minimum atomic E-state index is 0.813. The van der Waals surface area contributed by atoms with E-state index in [1.165, 1.54) is 0 Å². The quantitative estimate of drug-likeness (QED) is 0.404. The average molecular weight is 419 g/mol. The molecule has 1 N–H and O–H groups in total. The molecule has 0 saturated heterocycles. The number of rotatable bonds is 7. The Bertz CT molecular complexity index is 1040. The fraction of sp³-hybridized carbons (Fsp3) is 0.125. The maximum atomic E-state index is 5.29. The van der Waals surface area contributed by atoms with E-state index in [0.29, 0.717) is 0 Å². The largest absolute Gasteiger partial charge is 0.497 e. The molecule has 0 amide bonds. The van der Waals surface area contributed by atoms with Gasteiger partial charge in [0.25, 0.3) is 0 Å². The molecule has 152 valence electrons. The van der Waals surface area contributed by atoms with Crippen LogP contribution < -0.4 is 14.2 Å². The summed E-state index contributed by atoms with van der Waals surface area (Å²) in [5.74, 6) is 2.46. The van der Waals surface area contributed by atoms with E-state index in [1.807, 2.05) is 72.8 Å². The summed E-state index contributed by atoms with van der Waals surface area (Å²) in [4.78, 5) is 9.46. The zero-order valence-electron chi connectivity index (χ0n) is 17.0. The van der Waals surface area contributed by atoms with Crippen LogP contribution >= 0.6 is 11.8 Å². The molecule has 1 aromatic heterocycles. The van der Waals surface area contributed by atoms with Gasteiger partial charge in [0, 0.05) is 16.0 Å². The number of hydrogen-bond donors (Lipinski definition) is 1. The van der Waals surface area contributed by atoms with Crippen LogP contribution in [0.2, 0.25) is 0 Å². The van der Waals surface area contributed by atoms with Crippen molar-refractivity contribution in [3.8, 4) is 39.8 Å². The lowest BCUT2D eigenvalue weighted by Crippen LogP contribution is -1.87. The molecule has 1 heterocycles. The van der Waals surface area contributed by atoms with Crippen LogP contribution in [0.5, 0.6) is 17.2 Å². The second kappa shape index (κ2) is 8.97. The molecule has 0 aliphatic heterocycles. The maximum Gasteiger partial charge on any atom is 0.171 e. The Labute approximate surface area is 180 Å². The van der Waals surface area contributed by atoms with Gasteiger partial charge in [0.1, 0.15) is 17.2 Å². The Balaban J connectivity index is 1.73. The SMILES string of the molecule is COc1ccc(Sc2nc(-c3ccc(OC)cc3)c(-c3ccc(OC)cc3)[nH]2)cc1. The van der Waals surface area contributed by atoms with Gasteiger partial charge >= 0.3 is 0 Å². The van der Waals surface area contributed by atoms with Crippen LogP contribution in [0.1, 0.15) is 0 Å². The molecule has 5 nitrogen and oxygen atoms in total. The lowest BCUT2D eigenvalue weighted by molar-refractivity contribution is 0.414. The topological polar surface area (TPSA) is 56.4 Å². The van der Waals surface area contributed by atoms with Gasteiger partial charge in [-0.05, 0) is 72.8 Å². The van der Waals surface area contributed by atoms with Crippen LogP contribution in [-0.2, 0) is 0 Å². The van der Waals surface area contributed by atoms with Crippen molar-refractivity contribution in [2.24, 2.45) is 0 Å². The van der Waals surface area contributed by atoms with Crippen molar-refractivity contribution in [2.75, 3.05) is 21.3 Å². The number of nitrogens with zero attached hydrogens (tertiary/aromatic N) is 1. The zero-order chi connectivity index (χ0) is 20.9. The van der Waals surface area contributed by atoms with E-state index >= 15 is 0 Å². The maximum absolute atomic E-state index is 5.29. The number of benzene rings is 3. The first kappa shape index (κ1) is 19.9. The van der Waals surface area contributed by atoms with Gasteiger partial charge in [-0.1, -0.05) is 11.8 Å². The van der Waals surface area contributed by atoms with Crippen molar-refractivity contribution >= 4 is 11.8 Å². The highest BCUT2D eigenvalue weighted by molar-refractivity contribution is 7.99. The molecular weight excluding hydrogens is 396 g/mol. The smallest absolute Gasteiger partial charge is 0.171 e. The highest BCUT2D eigenvalue weighted by atomic mass is 32.2. The Hall–Kier alpha value is -3.38. The van der Waals surface area contributed by atoms with Crippen molar-refractivity contribution < 1.29 is 14.2 Å². The zero-order valence-corrected chi connectivity index (χ0v) is 17.8. The van der Waals surface area contributed by atoms with Crippen LogP contribution in [-0.4, -0.2) is 31.3 Å². The van der Waals surface area contributed by atoms with E-state index < -0.39 is 0 Å². The van der Waals surface area contributed by atoms with Crippen LogP contribution in [0.3, 0.4) is 0 Å². The second-order valence-electron chi connectivity index (χ2n) is 6.50. The van der Waals surface area contributed by atoms with E-state index in [0.717, 1.165) is 49.8 Å². The standard InChI is InChI=1S/C24H22N2O3S/c1-27-18-8-4-16(5-9-18)22-23(17-6-10-19(28-2)11-7-17)26-24(25-22)30-21-14-12-20(29-3)13-15-21/h4-15H,1-3H3,(H,25,26). The third-order valence-electron chi connectivity index (χ3n) is 4.70. The number of nitrogens with one attached hydrogen (secondary N) is 1.